The molecule has 0 N–H and O–H groups in total. The number of hydrogen-bond donors (Lipinski definition) is 0. The molecule has 0 aromatic carbocycles. The van der Waals surface area contributed by atoms with Gasteiger partial charge in [-0.1, -0.05) is 0 Å². The molecule has 0 spiro atoms. The van der Waals surface area contributed by atoms with E-state index in [1.807, 2.05) is 0 Å². The SMILES string of the molecule is F[PH](F)(F)[Pd]([PH](F)(F)F)([PH](F)(F)F)[PH](F)(F)F. The summed E-state index contributed by atoms with van der Waals surface area (Å²) in [6, 6.07) is 0. The summed E-state index contributed by atoms with van der Waals surface area (Å²) >= 11 is -9.19. The van der Waals surface area contributed by atoms with Crippen molar-refractivity contribution in [2.75, 3.05) is 0 Å². The van der Waals surface area contributed by atoms with Gasteiger partial charge in [-0.3, -0.25) is 0 Å². The van der Waals surface area contributed by atoms with Crippen molar-refractivity contribution in [1.82, 2.24) is 0 Å². The van der Waals surface area contributed by atoms with E-state index >= 15 is 0 Å². The molecule has 17 heteroatoms. The van der Waals surface area contributed by atoms with E-state index in [1.54, 1.807) is 0 Å². The molecule has 0 aromatic rings. The molecule has 0 radical (unpaired) electrons. The first-order valence-corrected chi connectivity index (χ1v) is 18.0. The van der Waals surface area contributed by atoms with E-state index in [9.17, 15) is 50.4 Å². The Morgan fingerprint density at radius 3 is 0.471 bits per heavy atom. The summed E-state index contributed by atoms with van der Waals surface area (Å²) < 4.78 is 144. The molecule has 0 aliphatic carbocycles. The van der Waals surface area contributed by atoms with Gasteiger partial charge in [0.2, 0.25) is 0 Å². The number of rotatable bonds is 4. The van der Waals surface area contributed by atoms with E-state index < -0.39 is 39.1 Å². The van der Waals surface area contributed by atoms with Crippen molar-refractivity contribution in [2.45, 2.75) is 0 Å². The summed E-state index contributed by atoms with van der Waals surface area (Å²) in [7, 11) is 0. The summed E-state index contributed by atoms with van der Waals surface area (Å²) in [6.07, 6.45) is -35.5. The maximum atomic E-state index is 12.0. The van der Waals surface area contributed by atoms with Gasteiger partial charge in [-0.05, 0) is 0 Å². The molecule has 118 valence electrons. The fraction of sp³-hybridized carbons (Fsp3) is 0. The summed E-state index contributed by atoms with van der Waals surface area (Å²) in [5.74, 6) is 0. The summed E-state index contributed by atoms with van der Waals surface area (Å²) in [5, 5.41) is 0. The standard InChI is InChI=1S/4F3HP.Pd/c4*1-4(2)3;/h4*4H;/q4*+1;-4. The Bertz CT molecular complexity index is 211. The van der Waals surface area contributed by atoms with E-state index in [0.29, 0.717) is 0 Å². The van der Waals surface area contributed by atoms with Crippen molar-refractivity contribution in [1.29, 1.82) is 0 Å². The van der Waals surface area contributed by atoms with Crippen LogP contribution in [0.5, 0.6) is 0 Å². The van der Waals surface area contributed by atoms with Gasteiger partial charge in [-0.25, -0.2) is 0 Å². The second-order valence-electron chi connectivity index (χ2n) is 2.05. The molecule has 0 bridgehead atoms. The summed E-state index contributed by atoms with van der Waals surface area (Å²) in [5.41, 5.74) is 0. The van der Waals surface area contributed by atoms with Gasteiger partial charge in [0, 0.05) is 0 Å². The van der Waals surface area contributed by atoms with Crippen LogP contribution < -0.4 is 0 Å². The molecule has 0 rings (SSSR count). The third-order valence-electron chi connectivity index (χ3n) is 1.08. The Balaban J connectivity index is 6.37. The van der Waals surface area contributed by atoms with Crippen LogP contribution in [0.2, 0.25) is 0 Å². The molecule has 0 aliphatic rings. The van der Waals surface area contributed by atoms with Gasteiger partial charge in [-0.15, -0.1) is 0 Å². The predicted molar refractivity (Wildman–Crippen MR) is 46.6 cm³/mol. The van der Waals surface area contributed by atoms with Crippen LogP contribution in [0.4, 0.5) is 50.4 Å². The molecular weight excluding hydrogens is 458 g/mol. The van der Waals surface area contributed by atoms with E-state index in [1.165, 1.54) is 0 Å². The fourth-order valence-corrected chi connectivity index (χ4v) is 32.5. The van der Waals surface area contributed by atoms with Crippen molar-refractivity contribution in [3.63, 3.8) is 0 Å². The molecule has 0 saturated heterocycles. The second-order valence-corrected chi connectivity index (χ2v) is 40.6. The van der Waals surface area contributed by atoms with Crippen LogP contribution in [0.25, 0.3) is 0 Å². The summed E-state index contributed by atoms with van der Waals surface area (Å²) in [6.45, 7) is 0. The van der Waals surface area contributed by atoms with Crippen LogP contribution in [-0.4, -0.2) is 0 Å². The number of halogens is 12. The van der Waals surface area contributed by atoms with Crippen molar-refractivity contribution >= 4 is 25.5 Å². The van der Waals surface area contributed by atoms with E-state index in [4.69, 9.17) is 0 Å². The molecule has 0 aliphatic heterocycles. The van der Waals surface area contributed by atoms with Gasteiger partial charge in [0.05, 0.1) is 0 Å². The fourth-order valence-electron chi connectivity index (χ4n) is 0.610. The van der Waals surface area contributed by atoms with Crippen LogP contribution in [0, 0.1) is 0 Å². The van der Waals surface area contributed by atoms with Crippen LogP contribution in [0.15, 0.2) is 0 Å². The Kier molecular flexibility index (Phi) is 5.26. The van der Waals surface area contributed by atoms with E-state index in [0.717, 1.165) is 0 Å². The first kappa shape index (κ1) is 18.5. The van der Waals surface area contributed by atoms with Gasteiger partial charge < -0.3 is 0 Å². The molecule has 0 unspecified atom stereocenters. The quantitative estimate of drug-likeness (QED) is 0.232. The van der Waals surface area contributed by atoms with Crippen LogP contribution in [-0.2, 0) is 13.6 Å². The molecule has 0 atom stereocenters. The molecule has 0 heterocycles. The van der Waals surface area contributed by atoms with Crippen LogP contribution in [0.3, 0.4) is 0 Å². The second kappa shape index (κ2) is 4.82. The Labute approximate surface area is 89.9 Å². The van der Waals surface area contributed by atoms with Crippen LogP contribution in [0.1, 0.15) is 0 Å². The third-order valence-corrected chi connectivity index (χ3v) is 57.3. The van der Waals surface area contributed by atoms with Gasteiger partial charge in [0.15, 0.2) is 0 Å². The molecule has 0 fully saturated rings. The van der Waals surface area contributed by atoms with Gasteiger partial charge in [0.1, 0.15) is 0 Å². The molecule has 0 amide bonds. The minimum atomic E-state index is -9.19. The van der Waals surface area contributed by atoms with Crippen molar-refractivity contribution in [2.24, 2.45) is 0 Å². The zero-order valence-electron chi connectivity index (χ0n) is 6.85. The third kappa shape index (κ3) is 3.01. The monoisotopic (exact) mass is 462 g/mol. The van der Waals surface area contributed by atoms with Gasteiger partial charge in [0.25, 0.3) is 0 Å². The Hall–Kier alpha value is 1.54. The Morgan fingerprint density at radius 1 is 0.353 bits per heavy atom. The molecule has 0 aromatic heterocycles. The molecule has 0 saturated carbocycles. The molecular formula is H4F12P4Pd. The zero-order chi connectivity index (χ0) is 14.5. The maximum absolute atomic E-state index is 12.0. The molecule has 0 nitrogen and oxygen atoms in total. The van der Waals surface area contributed by atoms with Crippen molar-refractivity contribution < 1.29 is 63.9 Å². The van der Waals surface area contributed by atoms with Gasteiger partial charge >= 0.3 is 89.5 Å². The number of hydrogen-bond acceptors (Lipinski definition) is 0. The topological polar surface area (TPSA) is 0 Å². The normalized spacial score (nSPS) is 24.7. The van der Waals surface area contributed by atoms with E-state index in [2.05, 4.69) is 0 Å². The van der Waals surface area contributed by atoms with Crippen molar-refractivity contribution in [3.05, 3.63) is 0 Å². The average Bonchev–Trinajstić information content (AvgIpc) is 1.67. The average molecular weight is 462 g/mol. The van der Waals surface area contributed by atoms with Crippen molar-refractivity contribution in [3.8, 4) is 0 Å². The minimum absolute atomic E-state index is 8.88. The first-order chi connectivity index (χ1) is 7.00. The predicted octanol–water partition coefficient (Wildman–Crippen LogP) is 7.41. The van der Waals surface area contributed by atoms with Gasteiger partial charge in [-0.2, -0.15) is 0 Å². The zero-order valence-corrected chi connectivity index (χ0v) is 12.4. The first-order valence-electron chi connectivity index (χ1n) is 2.90. The molecule has 17 heavy (non-hydrogen) atoms. The summed E-state index contributed by atoms with van der Waals surface area (Å²) in [4.78, 5) is 0. The van der Waals surface area contributed by atoms with Crippen LogP contribution >= 0.6 is 25.5 Å². The Morgan fingerprint density at radius 2 is 0.471 bits per heavy atom. The van der Waals surface area contributed by atoms with E-state index in [-0.39, 0.29) is 0 Å².